The minimum atomic E-state index is -4.93. The van der Waals surface area contributed by atoms with Crippen LogP contribution in [-0.2, 0) is 10.9 Å². The molecule has 1 aromatic carbocycles. The van der Waals surface area contributed by atoms with Crippen molar-refractivity contribution < 1.29 is 27.1 Å². The summed E-state index contributed by atoms with van der Waals surface area (Å²) in [7, 11) is 3.87. The molecule has 218 valence electrons. The molecule has 4 heterocycles. The quantitative estimate of drug-likeness (QED) is 0.433. The Bertz CT molecular complexity index is 1470. The van der Waals surface area contributed by atoms with E-state index in [4.69, 9.17) is 4.74 Å². The zero-order valence-electron chi connectivity index (χ0n) is 22.6. The Morgan fingerprint density at radius 3 is 2.51 bits per heavy atom. The molecule has 2 aliphatic heterocycles. The molecule has 2 aromatic heterocycles. The summed E-state index contributed by atoms with van der Waals surface area (Å²) in [5.74, 6) is -0.934. The fourth-order valence-corrected chi connectivity index (χ4v) is 5.14. The summed E-state index contributed by atoms with van der Waals surface area (Å²) in [6, 6.07) is 6.70. The Morgan fingerprint density at radius 2 is 1.88 bits per heavy atom. The lowest BCUT2D eigenvalue weighted by atomic mass is 10.0. The van der Waals surface area contributed by atoms with E-state index >= 15 is 4.39 Å². The van der Waals surface area contributed by atoms with Crippen LogP contribution in [0.4, 0.5) is 34.8 Å². The zero-order valence-corrected chi connectivity index (χ0v) is 22.6. The Labute approximate surface area is 233 Å². The van der Waals surface area contributed by atoms with E-state index < -0.39 is 34.6 Å². The summed E-state index contributed by atoms with van der Waals surface area (Å²) >= 11 is 0. The smallest absolute Gasteiger partial charge is 0.378 e. The number of aromatic nitrogens is 2. The number of pyridine rings is 2. The Morgan fingerprint density at radius 1 is 1.12 bits per heavy atom. The lowest BCUT2D eigenvalue weighted by molar-refractivity contribution is -0.138. The molecule has 0 aliphatic carbocycles. The lowest BCUT2D eigenvalue weighted by Crippen LogP contribution is -2.36. The average molecular weight is 575 g/mol. The Hall–Kier alpha value is -3.97. The molecule has 2 saturated heterocycles. The summed E-state index contributed by atoms with van der Waals surface area (Å²) in [6.07, 6.45) is -1.89. The van der Waals surface area contributed by atoms with E-state index in [9.17, 15) is 22.8 Å². The molecule has 0 radical (unpaired) electrons. The number of nitrogens with zero attached hydrogens (tertiary/aromatic N) is 4. The second-order valence-corrected chi connectivity index (χ2v) is 10.3. The standard InChI is InChI=1S/C28H30F4N6O3/c1-36(2)18-5-6-38(16-18)24-13-22(29)19(17-3-4-25(33-14-17)37-7-9-41-10-8-37)11-23(24)35-27(40)20-15-34-26(39)12-21(20)28(30,31)32/h3-4,11-15,18H,5-10,16H2,1-2H3,(H,34,39)(H,35,40). The summed E-state index contributed by atoms with van der Waals surface area (Å²) in [5, 5.41) is 2.55. The third kappa shape index (κ3) is 6.20. The number of halogens is 4. The fraction of sp³-hybridized carbons (Fsp3) is 0.393. The van der Waals surface area contributed by atoms with Gasteiger partial charge in [-0.1, -0.05) is 0 Å². The summed E-state index contributed by atoms with van der Waals surface area (Å²) < 4.78 is 62.0. The number of H-pyrrole nitrogens is 1. The fourth-order valence-electron chi connectivity index (χ4n) is 5.14. The molecule has 2 N–H and O–H groups in total. The molecule has 2 fully saturated rings. The predicted octanol–water partition coefficient (Wildman–Crippen LogP) is 3.82. The van der Waals surface area contributed by atoms with Gasteiger partial charge in [0.2, 0.25) is 5.56 Å². The van der Waals surface area contributed by atoms with E-state index in [-0.39, 0.29) is 17.3 Å². The van der Waals surface area contributed by atoms with Crippen LogP contribution in [0.15, 0.2) is 47.5 Å². The third-order valence-corrected chi connectivity index (χ3v) is 7.44. The minimum Gasteiger partial charge on any atom is -0.378 e. The first-order valence-electron chi connectivity index (χ1n) is 13.2. The maximum Gasteiger partial charge on any atom is 0.417 e. The van der Waals surface area contributed by atoms with Gasteiger partial charge in [0.1, 0.15) is 11.6 Å². The molecule has 1 atom stereocenters. The van der Waals surface area contributed by atoms with Crippen LogP contribution in [0.25, 0.3) is 11.1 Å². The van der Waals surface area contributed by atoms with Crippen LogP contribution in [0.2, 0.25) is 0 Å². The van der Waals surface area contributed by atoms with Crippen molar-refractivity contribution in [3.8, 4) is 11.1 Å². The molecule has 13 heteroatoms. The van der Waals surface area contributed by atoms with Crippen molar-refractivity contribution in [2.45, 2.75) is 18.6 Å². The number of hydrogen-bond acceptors (Lipinski definition) is 7. The van der Waals surface area contributed by atoms with Crippen LogP contribution >= 0.6 is 0 Å². The van der Waals surface area contributed by atoms with Crippen LogP contribution in [0.3, 0.4) is 0 Å². The number of carbonyl (C=O) groups excluding carboxylic acids is 1. The molecule has 0 spiro atoms. The van der Waals surface area contributed by atoms with E-state index in [0.29, 0.717) is 62.5 Å². The van der Waals surface area contributed by atoms with E-state index in [2.05, 4.69) is 20.2 Å². The first kappa shape index (κ1) is 28.6. The number of anilines is 3. The lowest BCUT2D eigenvalue weighted by Gasteiger charge is -2.28. The zero-order chi connectivity index (χ0) is 29.3. The van der Waals surface area contributed by atoms with Gasteiger partial charge in [-0.15, -0.1) is 0 Å². The molecule has 2 aliphatic rings. The SMILES string of the molecule is CN(C)C1CCN(c2cc(F)c(-c3ccc(N4CCOCC4)nc3)cc2NC(=O)c2c[nH]c(=O)cc2C(F)(F)F)C1. The number of alkyl halides is 3. The molecule has 0 saturated carbocycles. The molecule has 41 heavy (non-hydrogen) atoms. The van der Waals surface area contributed by atoms with Crippen LogP contribution in [0.5, 0.6) is 0 Å². The second kappa shape index (κ2) is 11.5. The first-order valence-corrected chi connectivity index (χ1v) is 13.2. The van der Waals surface area contributed by atoms with Crippen LogP contribution in [-0.4, -0.2) is 80.3 Å². The highest BCUT2D eigenvalue weighted by atomic mass is 19.4. The van der Waals surface area contributed by atoms with Crippen LogP contribution in [0.1, 0.15) is 22.3 Å². The predicted molar refractivity (Wildman–Crippen MR) is 147 cm³/mol. The van der Waals surface area contributed by atoms with Gasteiger partial charge < -0.3 is 29.7 Å². The topological polar surface area (TPSA) is 93.8 Å². The molecular formula is C28H30F4N6O3. The number of nitrogens with one attached hydrogen (secondary N) is 2. The second-order valence-electron chi connectivity index (χ2n) is 10.3. The van der Waals surface area contributed by atoms with E-state index in [1.165, 1.54) is 18.3 Å². The van der Waals surface area contributed by atoms with Crippen molar-refractivity contribution in [1.29, 1.82) is 0 Å². The molecule has 1 amide bonds. The van der Waals surface area contributed by atoms with Crippen molar-refractivity contribution in [3.63, 3.8) is 0 Å². The summed E-state index contributed by atoms with van der Waals surface area (Å²) in [4.78, 5) is 37.4. The molecular weight excluding hydrogens is 544 g/mol. The van der Waals surface area contributed by atoms with Crippen molar-refractivity contribution >= 4 is 23.1 Å². The maximum atomic E-state index is 15.6. The van der Waals surface area contributed by atoms with E-state index in [1.807, 2.05) is 23.9 Å². The van der Waals surface area contributed by atoms with Gasteiger partial charge in [0, 0.05) is 61.8 Å². The number of likely N-dealkylation sites (N-methyl/N-ethyl adjacent to an activating group) is 1. The number of amides is 1. The van der Waals surface area contributed by atoms with E-state index in [0.717, 1.165) is 12.6 Å². The number of aromatic amines is 1. The van der Waals surface area contributed by atoms with Crippen LogP contribution < -0.4 is 20.7 Å². The number of ether oxygens (including phenoxy) is 1. The van der Waals surface area contributed by atoms with Gasteiger partial charge in [0.25, 0.3) is 5.91 Å². The van der Waals surface area contributed by atoms with Crippen molar-refractivity contribution in [2.75, 3.05) is 68.6 Å². The maximum absolute atomic E-state index is 15.6. The van der Waals surface area contributed by atoms with Crippen molar-refractivity contribution in [2.24, 2.45) is 0 Å². The molecule has 1 unspecified atom stereocenters. The van der Waals surface area contributed by atoms with Gasteiger partial charge in [-0.25, -0.2) is 9.37 Å². The van der Waals surface area contributed by atoms with Gasteiger partial charge >= 0.3 is 6.18 Å². The number of carbonyl (C=O) groups is 1. The molecule has 5 rings (SSSR count). The van der Waals surface area contributed by atoms with Gasteiger partial charge in [0.05, 0.1) is 35.7 Å². The largest absolute Gasteiger partial charge is 0.417 e. The first-order chi connectivity index (χ1) is 19.5. The highest BCUT2D eigenvalue weighted by Gasteiger charge is 2.36. The summed E-state index contributed by atoms with van der Waals surface area (Å²) in [6.45, 7) is 3.63. The molecule has 9 nitrogen and oxygen atoms in total. The van der Waals surface area contributed by atoms with Gasteiger partial charge in [-0.2, -0.15) is 13.2 Å². The van der Waals surface area contributed by atoms with Gasteiger partial charge in [0.15, 0.2) is 0 Å². The van der Waals surface area contributed by atoms with Crippen molar-refractivity contribution in [1.82, 2.24) is 14.9 Å². The number of morpholine rings is 1. The molecule has 3 aromatic rings. The number of rotatable bonds is 6. The van der Waals surface area contributed by atoms with Crippen molar-refractivity contribution in [3.05, 3.63) is 70.0 Å². The Balaban J connectivity index is 1.52. The normalized spacial score (nSPS) is 17.8. The number of benzene rings is 1. The monoisotopic (exact) mass is 574 g/mol. The van der Waals surface area contributed by atoms with Gasteiger partial charge in [-0.05, 0) is 44.8 Å². The summed E-state index contributed by atoms with van der Waals surface area (Å²) in [5.41, 5.74) is -2.04. The Kier molecular flexibility index (Phi) is 8.00. The highest BCUT2D eigenvalue weighted by molar-refractivity contribution is 6.07. The third-order valence-electron chi connectivity index (χ3n) is 7.44. The van der Waals surface area contributed by atoms with Crippen LogP contribution in [0, 0.1) is 5.82 Å². The average Bonchev–Trinajstić information content (AvgIpc) is 3.44. The minimum absolute atomic E-state index is 0.131. The van der Waals surface area contributed by atoms with E-state index in [1.54, 1.807) is 12.1 Å². The van der Waals surface area contributed by atoms with Gasteiger partial charge in [-0.3, -0.25) is 9.59 Å². The highest BCUT2D eigenvalue weighted by Crippen LogP contribution is 2.37. The molecule has 0 bridgehead atoms. The number of hydrogen-bond donors (Lipinski definition) is 2.